The molecule has 2 fully saturated rings. The highest BCUT2D eigenvalue weighted by atomic mass is 32.2. The fraction of sp³-hybridized carbons (Fsp3) is 0.909. The Morgan fingerprint density at radius 3 is 2.87 bits per heavy atom. The summed E-state index contributed by atoms with van der Waals surface area (Å²) in [5.74, 6) is 0.286. The van der Waals surface area contributed by atoms with Gasteiger partial charge in [0.15, 0.2) is 0 Å². The van der Waals surface area contributed by atoms with Crippen molar-refractivity contribution >= 4 is 17.7 Å². The Kier molecular flexibility index (Phi) is 3.57. The van der Waals surface area contributed by atoms with Crippen molar-refractivity contribution in [3.05, 3.63) is 0 Å². The topological polar surface area (TPSA) is 32.3 Å². The second-order valence-electron chi connectivity index (χ2n) is 4.54. The van der Waals surface area contributed by atoms with Crippen LogP contribution >= 0.6 is 11.8 Å². The first-order valence-corrected chi connectivity index (χ1v) is 7.08. The summed E-state index contributed by atoms with van der Waals surface area (Å²) in [4.78, 5) is 13.8. The molecule has 1 aliphatic carbocycles. The molecule has 3 unspecified atom stereocenters. The van der Waals surface area contributed by atoms with E-state index in [9.17, 15) is 4.79 Å². The lowest BCUT2D eigenvalue weighted by atomic mass is 9.93. The lowest BCUT2D eigenvalue weighted by Crippen LogP contribution is -2.45. The van der Waals surface area contributed by atoms with Crippen LogP contribution < -0.4 is 5.32 Å². The molecular weight excluding hydrogens is 208 g/mol. The van der Waals surface area contributed by atoms with Crippen LogP contribution in [-0.4, -0.2) is 41.1 Å². The maximum absolute atomic E-state index is 11.7. The summed E-state index contributed by atoms with van der Waals surface area (Å²) in [6.07, 6.45) is 7.38. The summed E-state index contributed by atoms with van der Waals surface area (Å²) in [5, 5.41) is 3.97. The molecule has 1 aliphatic heterocycles. The molecule has 4 heteroatoms. The Morgan fingerprint density at radius 2 is 2.27 bits per heavy atom. The van der Waals surface area contributed by atoms with Crippen molar-refractivity contribution in [2.75, 3.05) is 12.8 Å². The van der Waals surface area contributed by atoms with Crippen molar-refractivity contribution in [1.29, 1.82) is 0 Å². The van der Waals surface area contributed by atoms with E-state index in [-0.39, 0.29) is 12.1 Å². The van der Waals surface area contributed by atoms with Crippen LogP contribution in [0.2, 0.25) is 0 Å². The Labute approximate surface area is 96.0 Å². The van der Waals surface area contributed by atoms with Gasteiger partial charge in [0.05, 0.1) is 12.7 Å². The second-order valence-corrected chi connectivity index (χ2v) is 5.67. The van der Waals surface area contributed by atoms with E-state index in [2.05, 4.69) is 23.4 Å². The van der Waals surface area contributed by atoms with Gasteiger partial charge in [0.25, 0.3) is 0 Å². The highest BCUT2D eigenvalue weighted by Gasteiger charge is 2.35. The summed E-state index contributed by atoms with van der Waals surface area (Å²) in [6.45, 7) is 2.62. The number of amides is 1. The van der Waals surface area contributed by atoms with Gasteiger partial charge >= 0.3 is 0 Å². The summed E-state index contributed by atoms with van der Waals surface area (Å²) < 4.78 is 0. The lowest BCUT2D eigenvalue weighted by Gasteiger charge is -2.36. The molecule has 1 heterocycles. The maximum Gasteiger partial charge on any atom is 0.238 e. The fourth-order valence-corrected chi connectivity index (χ4v) is 3.56. The first kappa shape index (κ1) is 11.3. The summed E-state index contributed by atoms with van der Waals surface area (Å²) >= 11 is 1.95. The van der Waals surface area contributed by atoms with Crippen LogP contribution in [0, 0.1) is 0 Å². The molecule has 0 radical (unpaired) electrons. The first-order chi connectivity index (χ1) is 7.22. The van der Waals surface area contributed by atoms with Gasteiger partial charge < -0.3 is 4.90 Å². The van der Waals surface area contributed by atoms with Crippen molar-refractivity contribution in [1.82, 2.24) is 10.2 Å². The average Bonchev–Trinajstić information content (AvgIpc) is 2.59. The number of carbonyl (C=O) groups is 1. The minimum atomic E-state index is 0.239. The van der Waals surface area contributed by atoms with Gasteiger partial charge in [-0.25, -0.2) is 0 Å². The molecule has 86 valence electrons. The minimum Gasteiger partial charge on any atom is -0.323 e. The number of hydrogen-bond acceptors (Lipinski definition) is 3. The zero-order valence-corrected chi connectivity index (χ0v) is 10.3. The first-order valence-electron chi connectivity index (χ1n) is 5.79. The number of nitrogens with zero attached hydrogens (tertiary/aromatic N) is 1. The van der Waals surface area contributed by atoms with Gasteiger partial charge in [0, 0.05) is 11.3 Å². The van der Waals surface area contributed by atoms with Gasteiger partial charge in [-0.2, -0.15) is 11.8 Å². The van der Waals surface area contributed by atoms with Crippen LogP contribution in [0.5, 0.6) is 0 Å². The summed E-state index contributed by atoms with van der Waals surface area (Å²) in [5.41, 5.74) is 0. The molecule has 1 amide bonds. The van der Waals surface area contributed by atoms with Gasteiger partial charge in [0.2, 0.25) is 5.91 Å². The zero-order valence-electron chi connectivity index (χ0n) is 9.53. The van der Waals surface area contributed by atoms with Crippen molar-refractivity contribution in [2.45, 2.75) is 50.1 Å². The molecule has 1 saturated carbocycles. The molecule has 0 spiro atoms. The predicted molar refractivity (Wildman–Crippen MR) is 63.9 cm³/mol. The fourth-order valence-electron chi connectivity index (χ4n) is 2.75. The van der Waals surface area contributed by atoms with Crippen LogP contribution in [-0.2, 0) is 4.79 Å². The molecule has 3 atom stereocenters. The third-order valence-corrected chi connectivity index (χ3v) is 4.67. The standard InChI is InChI=1S/C11H20N2OS/c1-8-12-7-11(14)13(8)9-4-3-5-10(6-9)15-2/h8-10,12H,3-7H2,1-2H3. The van der Waals surface area contributed by atoms with Gasteiger partial charge in [-0.1, -0.05) is 6.42 Å². The van der Waals surface area contributed by atoms with Gasteiger partial charge in [0.1, 0.15) is 0 Å². The highest BCUT2D eigenvalue weighted by Crippen LogP contribution is 2.31. The van der Waals surface area contributed by atoms with E-state index in [0.717, 1.165) is 5.25 Å². The number of nitrogens with one attached hydrogen (secondary N) is 1. The molecular formula is C11H20N2OS. The van der Waals surface area contributed by atoms with E-state index >= 15 is 0 Å². The van der Waals surface area contributed by atoms with E-state index in [1.54, 1.807) is 0 Å². The molecule has 0 aromatic carbocycles. The highest BCUT2D eigenvalue weighted by molar-refractivity contribution is 7.99. The molecule has 2 rings (SSSR count). The number of thioether (sulfide) groups is 1. The molecule has 0 aromatic rings. The smallest absolute Gasteiger partial charge is 0.238 e. The van der Waals surface area contributed by atoms with Crippen molar-refractivity contribution in [3.8, 4) is 0 Å². The van der Waals surface area contributed by atoms with Crippen LogP contribution in [0.1, 0.15) is 32.6 Å². The van der Waals surface area contributed by atoms with Crippen LogP contribution in [0.15, 0.2) is 0 Å². The van der Waals surface area contributed by atoms with E-state index in [4.69, 9.17) is 0 Å². The molecule has 15 heavy (non-hydrogen) atoms. The largest absolute Gasteiger partial charge is 0.323 e. The maximum atomic E-state index is 11.7. The second kappa shape index (κ2) is 4.74. The van der Waals surface area contributed by atoms with Crippen molar-refractivity contribution in [2.24, 2.45) is 0 Å². The SMILES string of the molecule is CSC1CCCC(N2C(=O)CNC2C)C1. The van der Waals surface area contributed by atoms with Crippen LogP contribution in [0.25, 0.3) is 0 Å². The van der Waals surface area contributed by atoms with Gasteiger partial charge in [-0.05, 0) is 32.4 Å². The van der Waals surface area contributed by atoms with E-state index in [0.29, 0.717) is 12.6 Å². The zero-order chi connectivity index (χ0) is 10.8. The number of hydrogen-bond donors (Lipinski definition) is 1. The van der Waals surface area contributed by atoms with Gasteiger partial charge in [-0.3, -0.25) is 10.1 Å². The van der Waals surface area contributed by atoms with E-state index in [1.807, 2.05) is 11.8 Å². The summed E-state index contributed by atoms with van der Waals surface area (Å²) in [7, 11) is 0. The quantitative estimate of drug-likeness (QED) is 0.776. The molecule has 3 nitrogen and oxygen atoms in total. The van der Waals surface area contributed by atoms with E-state index < -0.39 is 0 Å². The molecule has 0 bridgehead atoms. The Morgan fingerprint density at radius 1 is 1.47 bits per heavy atom. The third kappa shape index (κ3) is 2.31. The molecule has 1 saturated heterocycles. The van der Waals surface area contributed by atoms with Gasteiger partial charge in [-0.15, -0.1) is 0 Å². The van der Waals surface area contributed by atoms with Crippen LogP contribution in [0.3, 0.4) is 0 Å². The monoisotopic (exact) mass is 228 g/mol. The van der Waals surface area contributed by atoms with Crippen molar-refractivity contribution < 1.29 is 4.79 Å². The normalized spacial score (nSPS) is 37.3. The number of rotatable bonds is 2. The minimum absolute atomic E-state index is 0.239. The Hall–Kier alpha value is -0.220. The van der Waals surface area contributed by atoms with E-state index in [1.165, 1.54) is 25.7 Å². The molecule has 0 aromatic heterocycles. The lowest BCUT2D eigenvalue weighted by molar-refractivity contribution is -0.130. The van der Waals surface area contributed by atoms with Crippen molar-refractivity contribution in [3.63, 3.8) is 0 Å². The Balaban J connectivity index is 2.00. The molecule has 2 aliphatic rings. The Bertz CT molecular complexity index is 247. The number of carbonyl (C=O) groups excluding carboxylic acids is 1. The predicted octanol–water partition coefficient (Wildman–Crippen LogP) is 1.44. The third-order valence-electron chi connectivity index (χ3n) is 3.58. The average molecular weight is 228 g/mol. The summed E-state index contributed by atoms with van der Waals surface area (Å²) in [6, 6.07) is 0.480. The van der Waals surface area contributed by atoms with Crippen LogP contribution in [0.4, 0.5) is 0 Å². The molecule has 1 N–H and O–H groups in total.